The fourth-order valence-electron chi connectivity index (χ4n) is 2.62. The zero-order valence-corrected chi connectivity index (χ0v) is 13.1. The van der Waals surface area contributed by atoms with Gasteiger partial charge in [-0.2, -0.15) is 0 Å². The standard InChI is InChI=1S/C19H16N2O4/c22-16-14-9-5-4-6-12(14)10-11-15(16)18(23)20-17(21-19(24)25)13-7-2-1-3-8-13/h1-11,17,21-22H,(H,20,23)(H,24,25). The second-order valence-corrected chi connectivity index (χ2v) is 5.45. The van der Waals surface area contributed by atoms with Crippen molar-refractivity contribution in [3.8, 4) is 5.75 Å². The third-order valence-corrected chi connectivity index (χ3v) is 3.82. The van der Waals surface area contributed by atoms with Gasteiger partial charge in [-0.05, 0) is 17.0 Å². The minimum atomic E-state index is -1.27. The zero-order valence-electron chi connectivity index (χ0n) is 13.1. The number of carboxylic acid groups (broad SMARTS) is 1. The first kappa shape index (κ1) is 16.3. The number of hydrogen-bond acceptors (Lipinski definition) is 3. The molecule has 0 aliphatic carbocycles. The molecule has 3 aromatic rings. The highest BCUT2D eigenvalue weighted by Gasteiger charge is 2.20. The van der Waals surface area contributed by atoms with E-state index >= 15 is 0 Å². The molecule has 3 aromatic carbocycles. The average molecular weight is 336 g/mol. The van der Waals surface area contributed by atoms with Crippen LogP contribution in [0.15, 0.2) is 66.7 Å². The summed E-state index contributed by atoms with van der Waals surface area (Å²) in [6.07, 6.45) is -2.20. The number of aromatic hydroxyl groups is 1. The quantitative estimate of drug-likeness (QED) is 0.550. The van der Waals surface area contributed by atoms with Crippen LogP contribution in [0.3, 0.4) is 0 Å². The summed E-state index contributed by atoms with van der Waals surface area (Å²) in [6, 6.07) is 19.0. The largest absolute Gasteiger partial charge is 0.506 e. The van der Waals surface area contributed by atoms with Crippen LogP contribution in [0.4, 0.5) is 4.79 Å². The lowest BCUT2D eigenvalue weighted by molar-refractivity contribution is 0.0926. The van der Waals surface area contributed by atoms with Crippen molar-refractivity contribution >= 4 is 22.8 Å². The van der Waals surface area contributed by atoms with Gasteiger partial charge in [-0.1, -0.05) is 60.7 Å². The molecular formula is C19H16N2O4. The van der Waals surface area contributed by atoms with E-state index in [-0.39, 0.29) is 11.3 Å². The Morgan fingerprint density at radius 1 is 0.840 bits per heavy atom. The van der Waals surface area contributed by atoms with Gasteiger partial charge in [0.25, 0.3) is 5.91 Å². The van der Waals surface area contributed by atoms with Gasteiger partial charge in [0.2, 0.25) is 0 Å². The molecule has 6 nitrogen and oxygen atoms in total. The van der Waals surface area contributed by atoms with E-state index in [1.807, 2.05) is 12.1 Å². The Kier molecular flexibility index (Phi) is 4.52. The van der Waals surface area contributed by atoms with Crippen LogP contribution in [-0.2, 0) is 0 Å². The van der Waals surface area contributed by atoms with Crippen LogP contribution >= 0.6 is 0 Å². The number of phenolic OH excluding ortho intramolecular Hbond substituents is 1. The van der Waals surface area contributed by atoms with Gasteiger partial charge in [-0.25, -0.2) is 4.79 Å². The molecule has 1 unspecified atom stereocenters. The van der Waals surface area contributed by atoms with Gasteiger partial charge in [0.1, 0.15) is 11.9 Å². The van der Waals surface area contributed by atoms with Gasteiger partial charge >= 0.3 is 6.09 Å². The molecule has 0 saturated carbocycles. The highest BCUT2D eigenvalue weighted by Crippen LogP contribution is 2.28. The highest BCUT2D eigenvalue weighted by molar-refractivity contribution is 6.03. The summed E-state index contributed by atoms with van der Waals surface area (Å²) in [4.78, 5) is 23.6. The van der Waals surface area contributed by atoms with E-state index in [9.17, 15) is 14.7 Å². The summed E-state index contributed by atoms with van der Waals surface area (Å²) in [6.45, 7) is 0. The lowest BCUT2D eigenvalue weighted by Gasteiger charge is -2.19. The van der Waals surface area contributed by atoms with Crippen molar-refractivity contribution < 1.29 is 19.8 Å². The van der Waals surface area contributed by atoms with Gasteiger partial charge in [0.15, 0.2) is 0 Å². The molecule has 0 aliphatic heterocycles. The topological polar surface area (TPSA) is 98.7 Å². The minimum absolute atomic E-state index is 0.0758. The average Bonchev–Trinajstić information content (AvgIpc) is 2.62. The van der Waals surface area contributed by atoms with Crippen LogP contribution in [0.5, 0.6) is 5.75 Å². The number of phenols is 1. The van der Waals surface area contributed by atoms with Crippen LogP contribution in [0, 0.1) is 0 Å². The Hall–Kier alpha value is -3.54. The molecule has 4 N–H and O–H groups in total. The minimum Gasteiger partial charge on any atom is -0.506 e. The SMILES string of the molecule is O=C(O)NC(NC(=O)c1ccc2ccccc2c1O)c1ccccc1. The maximum absolute atomic E-state index is 12.6. The van der Waals surface area contributed by atoms with Crippen molar-refractivity contribution in [1.29, 1.82) is 0 Å². The first-order valence-electron chi connectivity index (χ1n) is 7.62. The zero-order chi connectivity index (χ0) is 17.8. The van der Waals surface area contributed by atoms with Crippen molar-refractivity contribution in [3.05, 3.63) is 77.9 Å². The first-order chi connectivity index (χ1) is 12.1. The van der Waals surface area contributed by atoms with Crippen molar-refractivity contribution in [1.82, 2.24) is 10.6 Å². The number of fused-ring (bicyclic) bond motifs is 1. The molecule has 0 spiro atoms. The summed E-state index contributed by atoms with van der Waals surface area (Å²) >= 11 is 0. The Labute approximate surface area is 143 Å². The molecule has 6 heteroatoms. The molecule has 0 bridgehead atoms. The number of nitrogens with one attached hydrogen (secondary N) is 2. The number of benzene rings is 3. The van der Waals surface area contributed by atoms with E-state index in [0.717, 1.165) is 5.39 Å². The van der Waals surface area contributed by atoms with E-state index in [4.69, 9.17) is 5.11 Å². The van der Waals surface area contributed by atoms with Gasteiger partial charge in [0, 0.05) is 5.39 Å². The lowest BCUT2D eigenvalue weighted by Crippen LogP contribution is -2.40. The van der Waals surface area contributed by atoms with Crippen molar-refractivity contribution in [3.63, 3.8) is 0 Å². The monoisotopic (exact) mass is 336 g/mol. The van der Waals surface area contributed by atoms with Crippen molar-refractivity contribution in [2.75, 3.05) is 0 Å². The van der Waals surface area contributed by atoms with E-state index in [1.54, 1.807) is 48.5 Å². The van der Waals surface area contributed by atoms with Crippen LogP contribution in [0.25, 0.3) is 10.8 Å². The number of carbonyl (C=O) groups excluding carboxylic acids is 1. The molecule has 0 aliphatic rings. The fourth-order valence-corrected chi connectivity index (χ4v) is 2.62. The first-order valence-corrected chi connectivity index (χ1v) is 7.62. The molecule has 3 rings (SSSR count). The predicted molar refractivity (Wildman–Crippen MR) is 93.4 cm³/mol. The maximum Gasteiger partial charge on any atom is 0.406 e. The molecule has 25 heavy (non-hydrogen) atoms. The fraction of sp³-hybridized carbons (Fsp3) is 0.0526. The van der Waals surface area contributed by atoms with Crippen LogP contribution < -0.4 is 10.6 Å². The smallest absolute Gasteiger partial charge is 0.406 e. The Bertz CT molecular complexity index is 925. The predicted octanol–water partition coefficient (Wildman–Crippen LogP) is 3.24. The summed E-state index contributed by atoms with van der Waals surface area (Å²) < 4.78 is 0. The van der Waals surface area contributed by atoms with E-state index in [0.29, 0.717) is 10.9 Å². The van der Waals surface area contributed by atoms with Crippen LogP contribution in [0.2, 0.25) is 0 Å². The van der Waals surface area contributed by atoms with Gasteiger partial charge in [-0.3, -0.25) is 10.1 Å². The van der Waals surface area contributed by atoms with Crippen LogP contribution in [0.1, 0.15) is 22.1 Å². The Morgan fingerprint density at radius 2 is 1.52 bits per heavy atom. The summed E-state index contributed by atoms with van der Waals surface area (Å²) in [5, 5.41) is 25.6. The number of amides is 2. The summed E-state index contributed by atoms with van der Waals surface area (Å²) in [5.74, 6) is -0.719. The molecule has 0 fully saturated rings. The maximum atomic E-state index is 12.6. The second kappa shape index (κ2) is 6.92. The normalized spacial score (nSPS) is 11.7. The van der Waals surface area contributed by atoms with Gasteiger partial charge < -0.3 is 15.5 Å². The van der Waals surface area contributed by atoms with Crippen LogP contribution in [-0.4, -0.2) is 22.2 Å². The lowest BCUT2D eigenvalue weighted by atomic mass is 10.0. The Balaban J connectivity index is 1.91. The van der Waals surface area contributed by atoms with Crippen molar-refractivity contribution in [2.45, 2.75) is 6.17 Å². The Morgan fingerprint density at radius 3 is 2.24 bits per heavy atom. The third-order valence-electron chi connectivity index (χ3n) is 3.82. The number of carbonyl (C=O) groups is 2. The second-order valence-electron chi connectivity index (χ2n) is 5.45. The number of rotatable bonds is 4. The molecule has 126 valence electrons. The molecule has 0 heterocycles. The number of hydrogen-bond donors (Lipinski definition) is 4. The van der Waals surface area contributed by atoms with E-state index in [1.165, 1.54) is 6.07 Å². The molecule has 0 saturated heterocycles. The molecular weight excluding hydrogens is 320 g/mol. The third kappa shape index (κ3) is 3.53. The van der Waals surface area contributed by atoms with E-state index in [2.05, 4.69) is 10.6 Å². The molecule has 1 atom stereocenters. The summed E-state index contributed by atoms with van der Waals surface area (Å²) in [7, 11) is 0. The van der Waals surface area contributed by atoms with Gasteiger partial charge in [0.05, 0.1) is 5.56 Å². The van der Waals surface area contributed by atoms with E-state index < -0.39 is 18.2 Å². The van der Waals surface area contributed by atoms with Crippen molar-refractivity contribution in [2.24, 2.45) is 0 Å². The summed E-state index contributed by atoms with van der Waals surface area (Å²) in [5.41, 5.74) is 0.658. The van der Waals surface area contributed by atoms with Gasteiger partial charge in [-0.15, -0.1) is 0 Å². The molecule has 2 amide bonds. The molecule has 0 aromatic heterocycles. The highest BCUT2D eigenvalue weighted by atomic mass is 16.4. The molecule has 0 radical (unpaired) electrons.